The van der Waals surface area contributed by atoms with Crippen LogP contribution in [0.2, 0.25) is 0 Å². The van der Waals surface area contributed by atoms with E-state index < -0.39 is 148 Å². The molecule has 2 saturated heterocycles. The number of carbonyl (C=O) groups excluding carboxylic acids is 11. The molecular formula is C69H124N12O13S. The van der Waals surface area contributed by atoms with E-state index in [1.807, 2.05) is 67.5 Å². The van der Waals surface area contributed by atoms with Crippen LogP contribution in [-0.4, -0.2) is 269 Å². The molecule has 2 rings (SSSR count). The van der Waals surface area contributed by atoms with Crippen molar-refractivity contribution in [3.05, 3.63) is 12.2 Å². The van der Waals surface area contributed by atoms with Gasteiger partial charge in [0.2, 0.25) is 59.1 Å². The summed E-state index contributed by atoms with van der Waals surface area (Å²) in [4.78, 5) is 175. The van der Waals surface area contributed by atoms with Gasteiger partial charge in [-0.1, -0.05) is 95.2 Å². The summed E-state index contributed by atoms with van der Waals surface area (Å²) in [5.74, 6) is -8.58. The second-order valence-electron chi connectivity index (χ2n) is 29.2. The Morgan fingerprint density at radius 3 is 1.47 bits per heavy atom. The van der Waals surface area contributed by atoms with E-state index in [0.717, 1.165) is 13.1 Å². The number of carbonyl (C=O) groups is 11. The average molecular weight is 1360 g/mol. The van der Waals surface area contributed by atoms with E-state index in [2.05, 4.69) is 26.2 Å². The zero-order valence-corrected chi connectivity index (χ0v) is 63.0. The van der Waals surface area contributed by atoms with Gasteiger partial charge < -0.3 is 65.4 Å². The number of allylic oxidation sites excluding steroid dienone is 2. The maximum Gasteiger partial charge on any atom is 0.256 e. The van der Waals surface area contributed by atoms with Crippen LogP contribution in [-0.2, 0) is 57.5 Å². The van der Waals surface area contributed by atoms with Gasteiger partial charge in [-0.05, 0) is 127 Å². The van der Waals surface area contributed by atoms with Crippen molar-refractivity contribution in [2.45, 2.75) is 240 Å². The summed E-state index contributed by atoms with van der Waals surface area (Å²) in [6.45, 7) is 32.9. The molecule has 0 radical (unpaired) electrons. The first-order valence-electron chi connectivity index (χ1n) is 34.4. The van der Waals surface area contributed by atoms with Crippen LogP contribution in [0.4, 0.5) is 0 Å². The Labute approximate surface area is 573 Å². The van der Waals surface area contributed by atoms with Crippen LogP contribution < -0.4 is 21.3 Å². The van der Waals surface area contributed by atoms with Gasteiger partial charge in [0.1, 0.15) is 60.4 Å². The van der Waals surface area contributed by atoms with E-state index in [-0.39, 0.29) is 62.2 Å². The number of ether oxygens (including phenoxy) is 1. The molecule has 0 aromatic heterocycles. The third kappa shape index (κ3) is 25.5. The molecule has 26 heteroatoms. The number of amides is 11. The molecule has 2 aliphatic rings. The number of thioether (sulfide) groups is 1. The standard InChI is InChI=1S/C69H124N12O13S/c1-25-27-29-46(13)39-51-59(84)72-49(26-2)62(87)80(24)68(95-35-28-30-81-31-33-94-34-32-81)67(92)78(22)54(40-69(16,17)93)60(85)73-55(44(9)10)65(90)74(18)50(36-41(3)4)58(83)70-47(14)57(82)71-48(15)61(86)76(20)52(37-42(5)6)63(88)77(21)53(38-43(7)8)64(89)79(23)56(45(11)12)66(91)75(51)19/h25,27,41-56,68,93H,26,28-40H2,1-24H3,(H,70,83)(H,71,82)(H,72,84)(H,73,85)/b27-25+/t46-,47+,48-,49+,50+,51+,52-,53+,54+,55+,56+,68-/m1/s1. The van der Waals surface area contributed by atoms with Crippen molar-refractivity contribution in [1.82, 2.24) is 60.5 Å². The molecule has 2 heterocycles. The summed E-state index contributed by atoms with van der Waals surface area (Å²) >= 11 is 1.18. The fraction of sp³-hybridized carbons (Fsp3) is 0.812. The fourth-order valence-electron chi connectivity index (χ4n) is 12.1. The average Bonchev–Trinajstić information content (AvgIpc) is 1.37. The van der Waals surface area contributed by atoms with Crippen LogP contribution in [0.3, 0.4) is 0 Å². The first kappa shape index (κ1) is 85.2. The lowest BCUT2D eigenvalue weighted by Crippen LogP contribution is -2.62. The topological polar surface area (TPSA) is 291 Å². The molecule has 11 amide bonds. The molecule has 0 aromatic carbocycles. The van der Waals surface area contributed by atoms with Crippen LogP contribution in [0.1, 0.15) is 169 Å². The number of aliphatic hydroxyl groups is 1. The number of hydrogen-bond acceptors (Lipinski definition) is 15. The number of nitrogens with zero attached hydrogens (tertiary/aromatic N) is 8. The molecule has 0 aliphatic carbocycles. The van der Waals surface area contributed by atoms with Crippen LogP contribution in [0, 0.1) is 35.5 Å². The third-order valence-corrected chi connectivity index (χ3v) is 19.4. The Bertz CT molecular complexity index is 2590. The molecule has 5 N–H and O–H groups in total. The highest BCUT2D eigenvalue weighted by Gasteiger charge is 2.46. The van der Waals surface area contributed by atoms with Crippen LogP contribution in [0.15, 0.2) is 12.2 Å². The third-order valence-electron chi connectivity index (χ3n) is 18.0. The van der Waals surface area contributed by atoms with Crippen LogP contribution in [0.5, 0.6) is 0 Å². The Kier molecular flexibility index (Phi) is 35.5. The van der Waals surface area contributed by atoms with Gasteiger partial charge in [-0.25, -0.2) is 0 Å². The van der Waals surface area contributed by atoms with Crippen molar-refractivity contribution in [2.24, 2.45) is 35.5 Å². The molecule has 95 heavy (non-hydrogen) atoms. The van der Waals surface area contributed by atoms with Crippen molar-refractivity contribution in [2.75, 3.05) is 87.9 Å². The number of rotatable bonds is 20. The summed E-state index contributed by atoms with van der Waals surface area (Å²) in [6.07, 6.45) is 5.34. The summed E-state index contributed by atoms with van der Waals surface area (Å²) in [5.41, 5.74) is -1.57. The molecule has 2 fully saturated rings. The van der Waals surface area contributed by atoms with Crippen LogP contribution >= 0.6 is 11.8 Å². The fourth-order valence-corrected chi connectivity index (χ4v) is 13.3. The van der Waals surface area contributed by atoms with Gasteiger partial charge in [0.25, 0.3) is 5.91 Å². The molecule has 0 bridgehead atoms. The monoisotopic (exact) mass is 1360 g/mol. The number of hydrogen-bond donors (Lipinski definition) is 5. The minimum absolute atomic E-state index is 0.0543. The van der Waals surface area contributed by atoms with Crippen molar-refractivity contribution >= 4 is 76.7 Å². The molecule has 25 nitrogen and oxygen atoms in total. The highest BCUT2D eigenvalue weighted by atomic mass is 32.2. The SMILES string of the molecule is C/C=C/C[C@@H](C)C[C@H]1C(=O)N[C@@H](CC)C(=O)N(C)[C@H](SCCCN2CCOCC2)C(=O)N(C)[C@@H](CC(C)(C)O)C(=O)N[C@@H](C(C)C)C(=O)N(C)[C@@H](CC(C)C)C(=O)N[C@@H](C)C(=O)N[C@H](C)C(=O)N(C)[C@H](CC(C)C)C(=O)N(C)[C@@H](CC(C)C)C(=O)N(C)[C@@H](C(C)C)C(=O)N1C. The largest absolute Gasteiger partial charge is 0.390 e. The van der Waals surface area contributed by atoms with E-state index in [4.69, 9.17) is 4.74 Å². The summed E-state index contributed by atoms with van der Waals surface area (Å²) in [5, 5.41) is 21.4. The van der Waals surface area contributed by atoms with Crippen molar-refractivity contribution < 1.29 is 62.6 Å². The maximum absolute atomic E-state index is 15.4. The molecule has 0 spiro atoms. The second kappa shape index (κ2) is 39.5. The minimum Gasteiger partial charge on any atom is -0.390 e. The van der Waals surface area contributed by atoms with Gasteiger partial charge in [-0.2, -0.15) is 0 Å². The number of morpholine rings is 1. The normalized spacial score (nSPS) is 27.1. The predicted octanol–water partition coefficient (Wildman–Crippen LogP) is 4.19. The van der Waals surface area contributed by atoms with Crippen molar-refractivity contribution in [3.8, 4) is 0 Å². The van der Waals surface area contributed by atoms with Crippen molar-refractivity contribution in [3.63, 3.8) is 0 Å². The lowest BCUT2D eigenvalue weighted by atomic mass is 9.93. The van der Waals surface area contributed by atoms with E-state index in [0.29, 0.717) is 38.4 Å². The summed E-state index contributed by atoms with van der Waals surface area (Å²) < 4.78 is 5.56. The molecular weight excluding hydrogens is 1240 g/mol. The Hall–Kier alpha value is -5.86. The lowest BCUT2D eigenvalue weighted by molar-refractivity contribution is -0.156. The lowest BCUT2D eigenvalue weighted by Gasteiger charge is -2.41. The second-order valence-corrected chi connectivity index (χ2v) is 30.3. The van der Waals surface area contributed by atoms with E-state index in [9.17, 15) is 24.3 Å². The Balaban J connectivity index is 3.08. The minimum atomic E-state index is -1.57. The van der Waals surface area contributed by atoms with E-state index in [1.165, 1.54) is 123 Å². The predicted molar refractivity (Wildman–Crippen MR) is 372 cm³/mol. The van der Waals surface area contributed by atoms with Gasteiger partial charge in [-0.3, -0.25) is 57.6 Å². The summed E-state index contributed by atoms with van der Waals surface area (Å²) in [7, 11) is 10.2. The number of likely N-dealkylation sites (N-methyl/N-ethyl adjacent to an activating group) is 7. The first-order valence-corrected chi connectivity index (χ1v) is 35.4. The van der Waals surface area contributed by atoms with Gasteiger partial charge in [0.05, 0.1) is 18.8 Å². The Morgan fingerprint density at radius 2 is 0.979 bits per heavy atom. The van der Waals surface area contributed by atoms with Gasteiger partial charge >= 0.3 is 0 Å². The zero-order valence-electron chi connectivity index (χ0n) is 62.2. The number of nitrogens with one attached hydrogen (secondary N) is 4. The van der Waals surface area contributed by atoms with Gasteiger partial charge in [-0.15, -0.1) is 11.8 Å². The summed E-state index contributed by atoms with van der Waals surface area (Å²) in [6, 6.07) is -12.2. The van der Waals surface area contributed by atoms with Gasteiger partial charge in [0.15, 0.2) is 5.37 Å². The van der Waals surface area contributed by atoms with Crippen LogP contribution in [0.25, 0.3) is 0 Å². The molecule has 12 atom stereocenters. The van der Waals surface area contributed by atoms with Crippen molar-refractivity contribution in [1.29, 1.82) is 0 Å². The highest BCUT2D eigenvalue weighted by molar-refractivity contribution is 8.00. The molecule has 544 valence electrons. The smallest absolute Gasteiger partial charge is 0.256 e. The molecule has 0 aromatic rings. The van der Waals surface area contributed by atoms with E-state index >= 15 is 33.6 Å². The first-order chi connectivity index (χ1) is 44.1. The molecule has 0 unspecified atom stereocenters. The Morgan fingerprint density at radius 1 is 0.526 bits per heavy atom. The van der Waals surface area contributed by atoms with Gasteiger partial charge in [0, 0.05) is 68.8 Å². The molecule has 0 saturated carbocycles. The molecule has 2 aliphatic heterocycles. The quantitative estimate of drug-likeness (QED) is 0.0844. The highest BCUT2D eigenvalue weighted by Crippen LogP contribution is 2.28. The maximum atomic E-state index is 15.4. The van der Waals surface area contributed by atoms with E-state index in [1.54, 1.807) is 34.6 Å². The zero-order chi connectivity index (χ0) is 72.8.